The molecule has 0 aliphatic heterocycles. The summed E-state index contributed by atoms with van der Waals surface area (Å²) in [6.45, 7) is 0. The van der Waals surface area contributed by atoms with Crippen molar-refractivity contribution in [3.8, 4) is 0 Å². The summed E-state index contributed by atoms with van der Waals surface area (Å²) >= 11 is 0. The van der Waals surface area contributed by atoms with Crippen LogP contribution in [0.4, 0.5) is 13.2 Å². The van der Waals surface area contributed by atoms with Crippen molar-refractivity contribution < 1.29 is 18.0 Å². The average molecular weight is 173 g/mol. The van der Waals surface area contributed by atoms with Gasteiger partial charge in [0.25, 0.3) is 0 Å². The summed E-state index contributed by atoms with van der Waals surface area (Å²) in [4.78, 5) is 9.99. The van der Waals surface area contributed by atoms with E-state index in [9.17, 15) is 18.0 Å². The molecule has 0 radical (unpaired) electrons. The molecule has 10 heavy (non-hydrogen) atoms. The van der Waals surface area contributed by atoms with Crippen LogP contribution in [-0.2, 0) is 15.5 Å². The SMILES string of the molecule is CS(C)=NC(=O)C(F)(F)F. The Morgan fingerprint density at radius 2 is 1.80 bits per heavy atom. The smallest absolute Gasteiger partial charge is 0.261 e. The third-order valence-corrected chi connectivity index (χ3v) is 1.04. The molecule has 0 bridgehead atoms. The molecule has 0 aromatic carbocycles. The minimum absolute atomic E-state index is 0.837. The summed E-state index contributed by atoms with van der Waals surface area (Å²) < 4.78 is 36.9. The van der Waals surface area contributed by atoms with Crippen LogP contribution in [0.1, 0.15) is 0 Å². The van der Waals surface area contributed by atoms with E-state index in [1.807, 2.05) is 0 Å². The van der Waals surface area contributed by atoms with E-state index in [1.165, 1.54) is 12.5 Å². The molecule has 0 N–H and O–H groups in total. The molecule has 0 aliphatic carbocycles. The fraction of sp³-hybridized carbons (Fsp3) is 0.750. The Hall–Kier alpha value is -0.390. The summed E-state index contributed by atoms with van der Waals surface area (Å²) in [5, 5.41) is 0. The van der Waals surface area contributed by atoms with Gasteiger partial charge < -0.3 is 0 Å². The van der Waals surface area contributed by atoms with Crippen molar-refractivity contribution >= 4 is 16.6 Å². The van der Waals surface area contributed by atoms with Gasteiger partial charge in [-0.05, 0) is 12.5 Å². The Bertz CT molecular complexity index is 170. The van der Waals surface area contributed by atoms with Crippen LogP contribution < -0.4 is 0 Å². The van der Waals surface area contributed by atoms with E-state index in [4.69, 9.17) is 0 Å². The standard InChI is InChI=1S/C4H6F3NOS/c1-10(2)8-3(9)4(5,6)7/h1-2H3. The van der Waals surface area contributed by atoms with E-state index in [1.54, 1.807) is 0 Å². The molecule has 0 saturated heterocycles. The number of carbonyl (C=O) groups is 1. The first-order valence-corrected chi connectivity index (χ1v) is 4.24. The number of amides is 1. The van der Waals surface area contributed by atoms with Gasteiger partial charge in [0.2, 0.25) is 0 Å². The quantitative estimate of drug-likeness (QED) is 0.540. The molecule has 0 aromatic rings. The van der Waals surface area contributed by atoms with Crippen LogP contribution in [0.5, 0.6) is 0 Å². The molecular formula is C4H6F3NOS. The lowest BCUT2D eigenvalue weighted by molar-refractivity contribution is -0.169. The van der Waals surface area contributed by atoms with Gasteiger partial charge >= 0.3 is 12.1 Å². The van der Waals surface area contributed by atoms with Gasteiger partial charge in [0.15, 0.2) is 0 Å². The van der Waals surface area contributed by atoms with Crippen LogP contribution in [0.3, 0.4) is 0 Å². The van der Waals surface area contributed by atoms with Crippen LogP contribution in [0, 0.1) is 0 Å². The van der Waals surface area contributed by atoms with Crippen molar-refractivity contribution in [2.75, 3.05) is 12.5 Å². The third kappa shape index (κ3) is 3.60. The van der Waals surface area contributed by atoms with Gasteiger partial charge in [-0.1, -0.05) is 10.7 Å². The zero-order valence-electron chi connectivity index (χ0n) is 5.40. The second kappa shape index (κ2) is 3.14. The second-order valence-corrected chi connectivity index (χ2v) is 3.40. The summed E-state index contributed by atoms with van der Waals surface area (Å²) in [6, 6.07) is 0. The van der Waals surface area contributed by atoms with Crippen molar-refractivity contribution in [2.24, 2.45) is 4.36 Å². The summed E-state index contributed by atoms with van der Waals surface area (Å²) in [5.74, 6) is -2.00. The molecule has 0 aliphatic rings. The Morgan fingerprint density at radius 3 is 1.90 bits per heavy atom. The topological polar surface area (TPSA) is 29.4 Å². The van der Waals surface area contributed by atoms with Crippen molar-refractivity contribution in [1.82, 2.24) is 0 Å². The molecule has 6 heteroatoms. The Morgan fingerprint density at radius 1 is 1.40 bits per heavy atom. The minimum Gasteiger partial charge on any atom is -0.261 e. The van der Waals surface area contributed by atoms with Gasteiger partial charge in [-0.3, -0.25) is 4.79 Å². The molecule has 0 unspecified atom stereocenters. The molecule has 0 rings (SSSR count). The van der Waals surface area contributed by atoms with Gasteiger partial charge in [0, 0.05) is 0 Å². The highest BCUT2D eigenvalue weighted by atomic mass is 32.2. The normalized spacial score (nSPS) is 11.8. The number of nitrogens with zero attached hydrogens (tertiary/aromatic N) is 1. The van der Waals surface area contributed by atoms with E-state index < -0.39 is 22.8 Å². The fourth-order valence-corrected chi connectivity index (χ4v) is 0.653. The first-order valence-electron chi connectivity index (χ1n) is 2.24. The maximum atomic E-state index is 11.4. The maximum absolute atomic E-state index is 11.4. The van der Waals surface area contributed by atoms with E-state index in [2.05, 4.69) is 4.36 Å². The first kappa shape index (κ1) is 9.61. The number of hydrogen-bond acceptors (Lipinski definition) is 1. The van der Waals surface area contributed by atoms with Gasteiger partial charge in [-0.2, -0.15) is 17.5 Å². The van der Waals surface area contributed by atoms with Gasteiger partial charge in [-0.25, -0.2) is 0 Å². The van der Waals surface area contributed by atoms with Crippen LogP contribution in [0.15, 0.2) is 4.36 Å². The highest BCUT2D eigenvalue weighted by Crippen LogP contribution is 2.16. The van der Waals surface area contributed by atoms with Crippen molar-refractivity contribution in [1.29, 1.82) is 0 Å². The minimum atomic E-state index is -4.81. The van der Waals surface area contributed by atoms with E-state index in [0.717, 1.165) is 0 Å². The largest absolute Gasteiger partial charge is 0.474 e. The number of hydrogen-bond donors (Lipinski definition) is 0. The van der Waals surface area contributed by atoms with Crippen LogP contribution >= 0.6 is 0 Å². The Labute approximate surface area is 58.5 Å². The van der Waals surface area contributed by atoms with Crippen molar-refractivity contribution in [2.45, 2.75) is 6.18 Å². The lowest BCUT2D eigenvalue weighted by Gasteiger charge is -1.98. The molecule has 1 amide bonds. The lowest BCUT2D eigenvalue weighted by Crippen LogP contribution is -2.20. The third-order valence-electron chi connectivity index (χ3n) is 0.508. The molecular weight excluding hydrogens is 167 g/mol. The molecule has 60 valence electrons. The van der Waals surface area contributed by atoms with Gasteiger partial charge in [0.05, 0.1) is 0 Å². The average Bonchev–Trinajstić information content (AvgIpc) is 1.60. The molecule has 0 atom stereocenters. The van der Waals surface area contributed by atoms with E-state index in [-0.39, 0.29) is 0 Å². The van der Waals surface area contributed by atoms with Crippen molar-refractivity contribution in [3.05, 3.63) is 0 Å². The van der Waals surface area contributed by atoms with E-state index >= 15 is 0 Å². The molecule has 0 aromatic heterocycles. The monoisotopic (exact) mass is 173 g/mol. The molecule has 0 heterocycles. The van der Waals surface area contributed by atoms with Gasteiger partial charge in [-0.15, -0.1) is 0 Å². The van der Waals surface area contributed by atoms with Crippen LogP contribution in [0.2, 0.25) is 0 Å². The zero-order valence-corrected chi connectivity index (χ0v) is 6.21. The summed E-state index contributed by atoms with van der Waals surface area (Å²) in [7, 11) is -0.837. The molecule has 2 nitrogen and oxygen atoms in total. The summed E-state index contributed by atoms with van der Waals surface area (Å²) in [6.07, 6.45) is -1.94. The number of rotatable bonds is 0. The van der Waals surface area contributed by atoms with E-state index in [0.29, 0.717) is 0 Å². The highest BCUT2D eigenvalue weighted by Gasteiger charge is 2.38. The first-order chi connectivity index (χ1) is 4.34. The molecule has 0 saturated carbocycles. The number of alkyl halides is 3. The predicted molar refractivity (Wildman–Crippen MR) is 32.7 cm³/mol. The number of halogens is 3. The van der Waals surface area contributed by atoms with Crippen molar-refractivity contribution in [3.63, 3.8) is 0 Å². The Kier molecular flexibility index (Phi) is 3.01. The molecule has 0 fully saturated rings. The van der Waals surface area contributed by atoms with Crippen LogP contribution in [0.25, 0.3) is 0 Å². The fourth-order valence-electron chi connectivity index (χ4n) is 0.218. The Balaban J connectivity index is 4.27. The summed E-state index contributed by atoms with van der Waals surface area (Å²) in [5.41, 5.74) is 0. The van der Waals surface area contributed by atoms with Crippen LogP contribution in [-0.4, -0.2) is 24.6 Å². The lowest BCUT2D eigenvalue weighted by atomic mass is 10.6. The van der Waals surface area contributed by atoms with Gasteiger partial charge in [0.1, 0.15) is 0 Å². The highest BCUT2D eigenvalue weighted by molar-refractivity contribution is 7.86. The maximum Gasteiger partial charge on any atom is 0.474 e. The number of carbonyl (C=O) groups excluding carboxylic acids is 1. The zero-order chi connectivity index (χ0) is 8.36. The predicted octanol–water partition coefficient (Wildman–Crippen LogP) is 1.14. The second-order valence-electron chi connectivity index (χ2n) is 1.67. The molecule has 0 spiro atoms.